The highest BCUT2D eigenvalue weighted by Gasteiger charge is 2.30. The molecule has 1 N–H and O–H groups in total. The number of methoxy groups -OCH3 is 1. The van der Waals surface area contributed by atoms with Crippen LogP contribution in [-0.4, -0.2) is 41.6 Å². The van der Waals surface area contributed by atoms with Gasteiger partial charge in [-0.3, -0.25) is 9.59 Å². The van der Waals surface area contributed by atoms with Gasteiger partial charge < -0.3 is 14.7 Å². The van der Waals surface area contributed by atoms with Gasteiger partial charge in [-0.15, -0.1) is 11.3 Å². The summed E-state index contributed by atoms with van der Waals surface area (Å²) in [4.78, 5) is 26.7. The Morgan fingerprint density at radius 1 is 1.36 bits per heavy atom. The van der Waals surface area contributed by atoms with Gasteiger partial charge in [0.25, 0.3) is 5.91 Å². The van der Waals surface area contributed by atoms with Crippen LogP contribution in [0.15, 0.2) is 18.2 Å². The third-order valence-electron chi connectivity index (χ3n) is 4.92. The lowest BCUT2D eigenvalue weighted by Gasteiger charge is -2.35. The molecule has 0 saturated carbocycles. The largest absolute Gasteiger partial charge is 0.497 e. The van der Waals surface area contributed by atoms with Gasteiger partial charge in [-0.05, 0) is 61.8 Å². The fourth-order valence-corrected chi connectivity index (χ4v) is 4.67. The average molecular weight is 361 g/mol. The number of amides is 1. The topological polar surface area (TPSA) is 66.8 Å². The Kier molecular flexibility index (Phi) is 5.27. The van der Waals surface area contributed by atoms with E-state index in [0.29, 0.717) is 13.0 Å². The van der Waals surface area contributed by atoms with Gasteiger partial charge in [0.05, 0.1) is 12.0 Å². The molecule has 2 heterocycles. The molecule has 0 spiro atoms. The Morgan fingerprint density at radius 3 is 2.88 bits per heavy atom. The normalized spacial score (nSPS) is 17.7. The van der Waals surface area contributed by atoms with E-state index in [0.717, 1.165) is 45.5 Å². The highest BCUT2D eigenvalue weighted by Crippen LogP contribution is 2.35. The number of aryl methyl sites for hydroxylation is 1. The molecule has 6 heteroatoms. The lowest BCUT2D eigenvalue weighted by molar-refractivity contribution is -0.137. The molecular weight excluding hydrogens is 338 g/mol. The Balaban J connectivity index is 1.89. The summed E-state index contributed by atoms with van der Waals surface area (Å²) in [5.74, 6) is 0.0144. The van der Waals surface area contributed by atoms with Crippen molar-refractivity contribution in [3.63, 3.8) is 0 Å². The maximum Gasteiger partial charge on any atom is 0.303 e. The first kappa shape index (κ1) is 17.7. The molecule has 1 atom stereocenters. The molecule has 3 rings (SSSR count). The predicted molar refractivity (Wildman–Crippen MR) is 98.7 cm³/mol. The van der Waals surface area contributed by atoms with Crippen molar-refractivity contribution in [2.45, 2.75) is 45.1 Å². The molecule has 134 valence electrons. The van der Waals surface area contributed by atoms with Crippen LogP contribution in [0.4, 0.5) is 0 Å². The van der Waals surface area contributed by atoms with Crippen LogP contribution < -0.4 is 4.74 Å². The van der Waals surface area contributed by atoms with Crippen LogP contribution in [0.25, 0.3) is 10.1 Å². The number of carbonyl (C=O) groups is 2. The molecule has 1 unspecified atom stereocenters. The lowest BCUT2D eigenvalue weighted by Crippen LogP contribution is -2.43. The zero-order valence-corrected chi connectivity index (χ0v) is 15.4. The van der Waals surface area contributed by atoms with E-state index in [1.807, 2.05) is 30.0 Å². The molecule has 0 radical (unpaired) electrons. The number of piperidine rings is 1. The molecule has 2 aromatic rings. The Bertz CT molecular complexity index is 798. The number of benzene rings is 1. The number of fused-ring (bicyclic) bond motifs is 1. The molecule has 25 heavy (non-hydrogen) atoms. The van der Waals surface area contributed by atoms with Crippen molar-refractivity contribution in [3.8, 4) is 5.75 Å². The minimum Gasteiger partial charge on any atom is -0.497 e. The van der Waals surface area contributed by atoms with Gasteiger partial charge in [0.1, 0.15) is 5.75 Å². The first-order chi connectivity index (χ1) is 12.0. The molecule has 1 fully saturated rings. The van der Waals surface area contributed by atoms with Gasteiger partial charge in [-0.1, -0.05) is 0 Å². The number of aliphatic carboxylic acids is 1. The van der Waals surface area contributed by atoms with Crippen LogP contribution in [0, 0.1) is 6.92 Å². The van der Waals surface area contributed by atoms with Crippen molar-refractivity contribution < 1.29 is 19.4 Å². The fraction of sp³-hybridized carbons (Fsp3) is 0.474. The summed E-state index contributed by atoms with van der Waals surface area (Å²) >= 11 is 1.51. The number of thiophene rings is 1. The maximum atomic E-state index is 13.2. The molecule has 1 saturated heterocycles. The van der Waals surface area contributed by atoms with Gasteiger partial charge in [0.2, 0.25) is 0 Å². The van der Waals surface area contributed by atoms with E-state index >= 15 is 0 Å². The molecule has 0 bridgehead atoms. The van der Waals surface area contributed by atoms with E-state index in [-0.39, 0.29) is 18.4 Å². The second-order valence-corrected chi connectivity index (χ2v) is 7.55. The van der Waals surface area contributed by atoms with E-state index in [4.69, 9.17) is 9.84 Å². The molecular formula is C19H23NO4S. The summed E-state index contributed by atoms with van der Waals surface area (Å²) in [7, 11) is 1.63. The zero-order valence-electron chi connectivity index (χ0n) is 14.6. The van der Waals surface area contributed by atoms with Crippen LogP contribution >= 0.6 is 11.3 Å². The maximum absolute atomic E-state index is 13.2. The van der Waals surface area contributed by atoms with Gasteiger partial charge in [-0.2, -0.15) is 0 Å². The third-order valence-corrected chi connectivity index (χ3v) is 6.18. The summed E-state index contributed by atoms with van der Waals surface area (Å²) in [5.41, 5.74) is 0.978. The van der Waals surface area contributed by atoms with Crippen LogP contribution in [0.1, 0.15) is 47.3 Å². The van der Waals surface area contributed by atoms with Crippen molar-refractivity contribution >= 4 is 33.3 Å². The van der Waals surface area contributed by atoms with Crippen molar-refractivity contribution in [2.75, 3.05) is 13.7 Å². The SMILES string of the molecule is COc1ccc2sc(C(=O)N3CCCCC3CCC(=O)O)c(C)c2c1. The number of nitrogens with zero attached hydrogens (tertiary/aromatic N) is 1. The third kappa shape index (κ3) is 3.63. The first-order valence-electron chi connectivity index (χ1n) is 8.61. The molecule has 1 aromatic heterocycles. The van der Waals surface area contributed by atoms with Gasteiger partial charge >= 0.3 is 5.97 Å². The van der Waals surface area contributed by atoms with Crippen LogP contribution in [-0.2, 0) is 4.79 Å². The van der Waals surface area contributed by atoms with E-state index < -0.39 is 5.97 Å². The predicted octanol–water partition coefficient (Wildman–Crippen LogP) is 4.08. The van der Waals surface area contributed by atoms with Gasteiger partial charge in [0.15, 0.2) is 0 Å². The van der Waals surface area contributed by atoms with E-state index in [9.17, 15) is 9.59 Å². The van der Waals surface area contributed by atoms with E-state index in [1.54, 1.807) is 7.11 Å². The summed E-state index contributed by atoms with van der Waals surface area (Å²) in [6.45, 7) is 2.68. The van der Waals surface area contributed by atoms with Crippen LogP contribution in [0.3, 0.4) is 0 Å². The average Bonchev–Trinajstić information content (AvgIpc) is 2.95. The van der Waals surface area contributed by atoms with Crippen molar-refractivity contribution in [3.05, 3.63) is 28.6 Å². The molecule has 1 aliphatic rings. The highest BCUT2D eigenvalue weighted by atomic mass is 32.1. The number of carboxylic acids is 1. The van der Waals surface area contributed by atoms with E-state index in [1.165, 1.54) is 11.3 Å². The molecule has 5 nitrogen and oxygen atoms in total. The summed E-state index contributed by atoms with van der Waals surface area (Å²) in [5, 5.41) is 10.0. The minimum absolute atomic E-state index is 0.0245. The highest BCUT2D eigenvalue weighted by molar-refractivity contribution is 7.21. The number of ether oxygens (including phenoxy) is 1. The standard InChI is InChI=1S/C19H23NO4S/c1-12-15-11-14(24-2)7-8-16(15)25-18(12)19(23)20-10-4-3-5-13(20)6-9-17(21)22/h7-8,11,13H,3-6,9-10H2,1-2H3,(H,21,22). The lowest BCUT2D eigenvalue weighted by atomic mass is 9.97. The van der Waals surface area contributed by atoms with Crippen molar-refractivity contribution in [1.29, 1.82) is 0 Å². The number of hydrogen-bond donors (Lipinski definition) is 1. The number of carboxylic acid groups (broad SMARTS) is 1. The molecule has 0 aliphatic carbocycles. The summed E-state index contributed by atoms with van der Waals surface area (Å²) in [6.07, 6.45) is 3.55. The van der Waals surface area contributed by atoms with Crippen molar-refractivity contribution in [2.24, 2.45) is 0 Å². The van der Waals surface area contributed by atoms with E-state index in [2.05, 4.69) is 0 Å². The molecule has 1 amide bonds. The van der Waals surface area contributed by atoms with Crippen LogP contribution in [0.2, 0.25) is 0 Å². The molecule has 1 aromatic carbocycles. The Hall–Kier alpha value is -2.08. The number of hydrogen-bond acceptors (Lipinski definition) is 4. The summed E-state index contributed by atoms with van der Waals surface area (Å²) < 4.78 is 6.36. The fourth-order valence-electron chi connectivity index (χ4n) is 3.52. The quantitative estimate of drug-likeness (QED) is 0.871. The molecule has 1 aliphatic heterocycles. The smallest absolute Gasteiger partial charge is 0.303 e. The second-order valence-electron chi connectivity index (χ2n) is 6.50. The minimum atomic E-state index is -0.803. The van der Waals surface area contributed by atoms with Crippen molar-refractivity contribution in [1.82, 2.24) is 4.90 Å². The number of likely N-dealkylation sites (tertiary alicyclic amines) is 1. The monoisotopic (exact) mass is 361 g/mol. The Morgan fingerprint density at radius 2 is 2.16 bits per heavy atom. The zero-order chi connectivity index (χ0) is 18.0. The number of carbonyl (C=O) groups excluding carboxylic acids is 1. The van der Waals surface area contributed by atoms with Gasteiger partial charge in [-0.25, -0.2) is 0 Å². The van der Waals surface area contributed by atoms with Crippen LogP contribution in [0.5, 0.6) is 5.75 Å². The first-order valence-corrected chi connectivity index (χ1v) is 9.43. The number of rotatable bonds is 5. The summed E-state index contributed by atoms with van der Waals surface area (Å²) in [6, 6.07) is 5.89. The van der Waals surface area contributed by atoms with Gasteiger partial charge in [0, 0.05) is 23.7 Å². The Labute approximate surface area is 151 Å². The second kappa shape index (κ2) is 7.44.